The molecule has 0 aromatic heterocycles. The fraction of sp³-hybridized carbons (Fsp3) is 0.846. The quantitative estimate of drug-likeness (QED) is 0.781. The summed E-state index contributed by atoms with van der Waals surface area (Å²) in [5.74, 6) is -0.963. The molecule has 0 saturated carbocycles. The number of nitrogens with zero attached hydrogens (tertiary/aromatic N) is 2. The van der Waals surface area contributed by atoms with Gasteiger partial charge in [-0.15, -0.1) is 0 Å². The lowest BCUT2D eigenvalue weighted by molar-refractivity contribution is -0.141. The van der Waals surface area contributed by atoms with E-state index in [0.29, 0.717) is 19.0 Å². The first-order chi connectivity index (χ1) is 8.97. The molecule has 19 heavy (non-hydrogen) atoms. The minimum Gasteiger partial charge on any atom is -0.480 e. The van der Waals surface area contributed by atoms with Gasteiger partial charge in [0.1, 0.15) is 6.04 Å². The Morgan fingerprint density at radius 2 is 2.16 bits per heavy atom. The molecule has 1 aliphatic heterocycles. The van der Waals surface area contributed by atoms with E-state index in [9.17, 15) is 9.59 Å². The molecule has 0 spiro atoms. The van der Waals surface area contributed by atoms with Crippen LogP contribution in [0.5, 0.6) is 0 Å². The van der Waals surface area contributed by atoms with Crippen LogP contribution in [0.2, 0.25) is 0 Å². The Morgan fingerprint density at radius 3 is 2.68 bits per heavy atom. The van der Waals surface area contributed by atoms with Gasteiger partial charge in [-0.1, -0.05) is 13.3 Å². The van der Waals surface area contributed by atoms with E-state index >= 15 is 0 Å². The molecule has 0 aromatic carbocycles. The number of hydrogen-bond donors (Lipinski definition) is 2. The van der Waals surface area contributed by atoms with Crippen molar-refractivity contribution in [3.63, 3.8) is 0 Å². The highest BCUT2D eigenvalue weighted by molar-refractivity contribution is 5.82. The van der Waals surface area contributed by atoms with Crippen molar-refractivity contribution in [3.05, 3.63) is 0 Å². The van der Waals surface area contributed by atoms with Crippen molar-refractivity contribution in [2.75, 3.05) is 27.2 Å². The van der Waals surface area contributed by atoms with E-state index in [1.807, 2.05) is 0 Å². The summed E-state index contributed by atoms with van der Waals surface area (Å²) in [5.41, 5.74) is 0. The van der Waals surface area contributed by atoms with Crippen LogP contribution >= 0.6 is 0 Å². The number of nitrogens with one attached hydrogen (secondary N) is 1. The third kappa shape index (κ3) is 4.38. The first-order valence-electron chi connectivity index (χ1n) is 6.91. The molecule has 1 heterocycles. The first-order valence-corrected chi connectivity index (χ1v) is 6.91. The van der Waals surface area contributed by atoms with Gasteiger partial charge < -0.3 is 20.2 Å². The summed E-state index contributed by atoms with van der Waals surface area (Å²) in [7, 11) is 3.59. The van der Waals surface area contributed by atoms with E-state index in [4.69, 9.17) is 5.11 Å². The van der Waals surface area contributed by atoms with Gasteiger partial charge in [0.05, 0.1) is 0 Å². The lowest BCUT2D eigenvalue weighted by Crippen LogP contribution is -2.51. The maximum absolute atomic E-state index is 11.9. The number of urea groups is 1. The Balaban J connectivity index is 2.43. The Morgan fingerprint density at radius 1 is 1.47 bits per heavy atom. The van der Waals surface area contributed by atoms with Crippen LogP contribution in [0.4, 0.5) is 4.79 Å². The topological polar surface area (TPSA) is 72.9 Å². The Kier molecular flexibility index (Phi) is 6.08. The minimum absolute atomic E-state index is 0.312. The monoisotopic (exact) mass is 271 g/mol. The number of amides is 2. The molecule has 0 bridgehead atoms. The van der Waals surface area contributed by atoms with E-state index in [0.717, 1.165) is 13.0 Å². The molecule has 0 radical (unpaired) electrons. The zero-order chi connectivity index (χ0) is 14.4. The number of carboxylic acids is 1. The van der Waals surface area contributed by atoms with Gasteiger partial charge in [0.25, 0.3) is 0 Å². The molecule has 6 nitrogen and oxygen atoms in total. The van der Waals surface area contributed by atoms with Crippen molar-refractivity contribution < 1.29 is 14.7 Å². The van der Waals surface area contributed by atoms with Gasteiger partial charge in [-0.3, -0.25) is 0 Å². The predicted octanol–water partition coefficient (Wildman–Crippen LogP) is 0.975. The number of carboxylic acid groups (broad SMARTS) is 1. The van der Waals surface area contributed by atoms with Crippen LogP contribution in [-0.2, 0) is 4.79 Å². The van der Waals surface area contributed by atoms with Crippen molar-refractivity contribution in [3.8, 4) is 0 Å². The van der Waals surface area contributed by atoms with Crippen LogP contribution in [0.1, 0.15) is 32.6 Å². The number of hydrogen-bond acceptors (Lipinski definition) is 3. The number of aliphatic carboxylic acids is 1. The zero-order valence-corrected chi connectivity index (χ0v) is 12.1. The van der Waals surface area contributed by atoms with Crippen LogP contribution in [-0.4, -0.2) is 66.2 Å². The number of likely N-dealkylation sites (tertiary alicyclic amines) is 1. The average molecular weight is 271 g/mol. The predicted molar refractivity (Wildman–Crippen MR) is 73.1 cm³/mol. The van der Waals surface area contributed by atoms with Crippen molar-refractivity contribution in [1.29, 1.82) is 0 Å². The van der Waals surface area contributed by atoms with Crippen LogP contribution in [0, 0.1) is 0 Å². The maximum Gasteiger partial charge on any atom is 0.326 e. The fourth-order valence-corrected chi connectivity index (χ4v) is 2.49. The highest BCUT2D eigenvalue weighted by Gasteiger charge is 2.26. The van der Waals surface area contributed by atoms with Crippen molar-refractivity contribution >= 4 is 12.0 Å². The van der Waals surface area contributed by atoms with E-state index < -0.39 is 12.0 Å². The molecule has 2 unspecified atom stereocenters. The molecular formula is C13H25N3O3. The molecule has 1 aliphatic rings. The molecule has 2 N–H and O–H groups in total. The van der Waals surface area contributed by atoms with Gasteiger partial charge in [0.15, 0.2) is 0 Å². The van der Waals surface area contributed by atoms with E-state index in [-0.39, 0.29) is 6.03 Å². The summed E-state index contributed by atoms with van der Waals surface area (Å²) < 4.78 is 0. The third-order valence-corrected chi connectivity index (χ3v) is 3.87. The summed E-state index contributed by atoms with van der Waals surface area (Å²) in [4.78, 5) is 26.5. The largest absolute Gasteiger partial charge is 0.480 e. The lowest BCUT2D eigenvalue weighted by Gasteiger charge is -2.33. The summed E-state index contributed by atoms with van der Waals surface area (Å²) >= 11 is 0. The first kappa shape index (κ1) is 15.8. The standard InChI is InChI=1S/C13H25N3O3/c1-4-11(12(17)18)16(3)13(19)14-9-10-7-5-6-8-15(10)2/h10-11H,4-9H2,1-3H3,(H,14,19)(H,17,18). The molecule has 1 fully saturated rings. The normalized spacial score (nSPS) is 21.7. The Bertz CT molecular complexity index is 322. The number of carbonyl (C=O) groups excluding carboxylic acids is 1. The zero-order valence-electron chi connectivity index (χ0n) is 12.1. The molecule has 1 saturated heterocycles. The lowest BCUT2D eigenvalue weighted by atomic mass is 10.0. The second-order valence-corrected chi connectivity index (χ2v) is 5.19. The maximum atomic E-state index is 11.9. The van der Waals surface area contributed by atoms with Gasteiger partial charge >= 0.3 is 12.0 Å². The highest BCUT2D eigenvalue weighted by atomic mass is 16.4. The molecule has 2 atom stereocenters. The summed E-state index contributed by atoms with van der Waals surface area (Å²) in [6, 6.07) is -0.715. The second kappa shape index (κ2) is 7.33. The van der Waals surface area contributed by atoms with Gasteiger partial charge in [-0.25, -0.2) is 9.59 Å². The third-order valence-electron chi connectivity index (χ3n) is 3.87. The number of rotatable bonds is 5. The Hall–Kier alpha value is -1.30. The van der Waals surface area contributed by atoms with Crippen LogP contribution in [0.15, 0.2) is 0 Å². The average Bonchev–Trinajstić information content (AvgIpc) is 2.37. The van der Waals surface area contributed by atoms with E-state index in [1.54, 1.807) is 6.92 Å². The van der Waals surface area contributed by atoms with Gasteiger partial charge in [0.2, 0.25) is 0 Å². The van der Waals surface area contributed by atoms with E-state index in [2.05, 4.69) is 17.3 Å². The number of piperidine rings is 1. The molecular weight excluding hydrogens is 246 g/mol. The molecule has 1 rings (SSSR count). The highest BCUT2D eigenvalue weighted by Crippen LogP contribution is 2.14. The fourth-order valence-electron chi connectivity index (χ4n) is 2.49. The molecule has 2 amide bonds. The number of carbonyl (C=O) groups is 2. The van der Waals surface area contributed by atoms with Gasteiger partial charge in [-0.2, -0.15) is 0 Å². The molecule has 110 valence electrons. The van der Waals surface area contributed by atoms with Crippen molar-refractivity contribution in [1.82, 2.24) is 15.1 Å². The smallest absolute Gasteiger partial charge is 0.326 e. The summed E-state index contributed by atoms with van der Waals surface area (Å²) in [6.45, 7) is 3.40. The summed E-state index contributed by atoms with van der Waals surface area (Å²) in [5, 5.41) is 11.9. The molecule has 0 aromatic rings. The minimum atomic E-state index is -0.963. The van der Waals surface area contributed by atoms with Crippen LogP contribution < -0.4 is 5.32 Å². The SMILES string of the molecule is CCC(C(=O)O)N(C)C(=O)NCC1CCCCN1C. The Labute approximate surface area is 114 Å². The molecule has 0 aliphatic carbocycles. The summed E-state index contributed by atoms with van der Waals surface area (Å²) in [6.07, 6.45) is 3.88. The van der Waals surface area contributed by atoms with Gasteiger partial charge in [0, 0.05) is 19.6 Å². The second-order valence-electron chi connectivity index (χ2n) is 5.19. The van der Waals surface area contributed by atoms with Crippen molar-refractivity contribution in [2.45, 2.75) is 44.7 Å². The number of likely N-dealkylation sites (N-methyl/N-ethyl adjacent to an activating group) is 2. The van der Waals surface area contributed by atoms with Crippen LogP contribution in [0.3, 0.4) is 0 Å². The van der Waals surface area contributed by atoms with Crippen molar-refractivity contribution in [2.24, 2.45) is 0 Å². The van der Waals surface area contributed by atoms with E-state index in [1.165, 1.54) is 24.8 Å². The van der Waals surface area contributed by atoms with Crippen LogP contribution in [0.25, 0.3) is 0 Å². The van der Waals surface area contributed by atoms with Gasteiger partial charge in [-0.05, 0) is 32.9 Å². The molecule has 6 heteroatoms.